The maximum absolute atomic E-state index is 12.8. The number of carbonyl (C=O) groups is 3. The van der Waals surface area contributed by atoms with Crippen LogP contribution in [0.2, 0.25) is 0 Å². The molecule has 2 heterocycles. The van der Waals surface area contributed by atoms with Crippen molar-refractivity contribution >= 4 is 41.2 Å². The number of hydrogen-bond donors (Lipinski definition) is 2. The Labute approximate surface area is 258 Å². The number of piperazine rings is 1. The van der Waals surface area contributed by atoms with E-state index in [0.717, 1.165) is 5.69 Å². The molecule has 11 heteroatoms. The smallest absolute Gasteiger partial charge is 0.410 e. The molecule has 1 aliphatic rings. The maximum Gasteiger partial charge on any atom is 0.410 e. The summed E-state index contributed by atoms with van der Waals surface area (Å²) in [6.45, 7) is 16.3. The molecular weight excluding hydrogens is 560 g/mol. The number of carbonyl (C=O) groups excluding carboxylic acids is 3. The molecule has 1 saturated heterocycles. The van der Waals surface area contributed by atoms with E-state index >= 15 is 0 Å². The quantitative estimate of drug-likeness (QED) is 0.214. The van der Waals surface area contributed by atoms with Gasteiger partial charge in [0.1, 0.15) is 22.7 Å². The van der Waals surface area contributed by atoms with Gasteiger partial charge in [-0.3, -0.25) is 14.5 Å². The molecule has 1 aliphatic heterocycles. The molecule has 3 aromatic rings. The van der Waals surface area contributed by atoms with Crippen LogP contribution in [0.5, 0.6) is 11.6 Å². The maximum atomic E-state index is 12.8. The van der Waals surface area contributed by atoms with Crippen LogP contribution in [0.15, 0.2) is 61.2 Å². The summed E-state index contributed by atoms with van der Waals surface area (Å²) < 4.78 is 11.7. The fraction of sp³-hybridized carbons (Fsp3) is 0.364. The third kappa shape index (κ3) is 7.91. The van der Waals surface area contributed by atoms with Gasteiger partial charge in [0.2, 0.25) is 11.8 Å². The summed E-state index contributed by atoms with van der Waals surface area (Å²) >= 11 is 0. The van der Waals surface area contributed by atoms with E-state index in [4.69, 9.17) is 9.47 Å². The minimum absolute atomic E-state index is 0.0359. The molecule has 2 amide bonds. The monoisotopic (exact) mass is 600 g/mol. The van der Waals surface area contributed by atoms with Gasteiger partial charge < -0.3 is 25.0 Å². The number of hydrogen-bond acceptors (Lipinski definition) is 9. The molecule has 2 aromatic carbocycles. The molecule has 1 aromatic heterocycles. The Morgan fingerprint density at radius 2 is 1.73 bits per heavy atom. The number of nitrogens with zero attached hydrogens (tertiary/aromatic N) is 4. The van der Waals surface area contributed by atoms with Crippen molar-refractivity contribution in [2.24, 2.45) is 0 Å². The standard InChI is InChI=1S/C33H40N6O5/c1-8-27-31(43-26-12-10-11-24(17-26)34-29(41)9-2)37-30(28(20-40)36-27)35-23-13-15-25(16-14-23)38-18-21(3)39(22(4)19-38)32(42)44-33(5,6)7/h9-17,20-22H,2,8,18-19H2,1,3-7H3,(H,34,41)(H,35,37)/t21-,22+. The number of anilines is 4. The summed E-state index contributed by atoms with van der Waals surface area (Å²) in [4.78, 5) is 49.6. The van der Waals surface area contributed by atoms with Crippen LogP contribution in [-0.2, 0) is 16.0 Å². The van der Waals surface area contributed by atoms with E-state index in [9.17, 15) is 14.4 Å². The van der Waals surface area contributed by atoms with Crippen LogP contribution in [0.4, 0.5) is 27.7 Å². The molecule has 11 nitrogen and oxygen atoms in total. The second kappa shape index (κ2) is 13.6. The van der Waals surface area contributed by atoms with Crippen molar-refractivity contribution in [3.8, 4) is 11.6 Å². The second-order valence-electron chi connectivity index (χ2n) is 11.7. The van der Waals surface area contributed by atoms with E-state index in [1.807, 2.05) is 70.7 Å². The number of nitrogens with one attached hydrogen (secondary N) is 2. The minimum atomic E-state index is -0.552. The zero-order valence-corrected chi connectivity index (χ0v) is 26.1. The van der Waals surface area contributed by atoms with Gasteiger partial charge >= 0.3 is 6.09 Å². The Hall–Kier alpha value is -4.93. The van der Waals surface area contributed by atoms with Gasteiger partial charge in [0.15, 0.2) is 12.1 Å². The summed E-state index contributed by atoms with van der Waals surface area (Å²) in [6.07, 6.45) is 2.03. The third-order valence-electron chi connectivity index (χ3n) is 6.92. The number of rotatable bonds is 9. The van der Waals surface area contributed by atoms with Crippen LogP contribution < -0.4 is 20.3 Å². The Morgan fingerprint density at radius 1 is 1.05 bits per heavy atom. The molecule has 4 rings (SSSR count). The van der Waals surface area contributed by atoms with E-state index in [0.29, 0.717) is 48.6 Å². The van der Waals surface area contributed by atoms with Crippen molar-refractivity contribution in [2.75, 3.05) is 28.6 Å². The van der Waals surface area contributed by atoms with Crippen LogP contribution >= 0.6 is 0 Å². The summed E-state index contributed by atoms with van der Waals surface area (Å²) in [5, 5.41) is 5.90. The topological polar surface area (TPSA) is 126 Å². The molecule has 2 atom stereocenters. The molecule has 0 saturated carbocycles. The van der Waals surface area contributed by atoms with E-state index in [1.165, 1.54) is 6.08 Å². The van der Waals surface area contributed by atoms with Gasteiger partial charge in [0, 0.05) is 36.2 Å². The number of aldehydes is 1. The van der Waals surface area contributed by atoms with Crippen LogP contribution in [0.3, 0.4) is 0 Å². The second-order valence-corrected chi connectivity index (χ2v) is 11.7. The molecule has 2 N–H and O–H groups in total. The number of ether oxygens (including phenoxy) is 2. The molecule has 0 radical (unpaired) electrons. The molecule has 1 fully saturated rings. The van der Waals surface area contributed by atoms with Crippen LogP contribution in [-0.4, -0.2) is 63.9 Å². The lowest BCUT2D eigenvalue weighted by atomic mass is 10.1. The van der Waals surface area contributed by atoms with Crippen molar-refractivity contribution < 1.29 is 23.9 Å². The predicted molar refractivity (Wildman–Crippen MR) is 171 cm³/mol. The first-order chi connectivity index (χ1) is 20.9. The molecule has 0 bridgehead atoms. The van der Waals surface area contributed by atoms with Gasteiger partial charge in [-0.25, -0.2) is 9.78 Å². The molecular formula is C33H40N6O5. The first kappa shape index (κ1) is 32.0. The lowest BCUT2D eigenvalue weighted by Crippen LogP contribution is -2.59. The lowest BCUT2D eigenvalue weighted by molar-refractivity contribution is -0.111. The molecule has 232 valence electrons. The third-order valence-corrected chi connectivity index (χ3v) is 6.92. The fourth-order valence-corrected chi connectivity index (χ4v) is 5.00. The zero-order valence-electron chi connectivity index (χ0n) is 26.1. The van der Waals surface area contributed by atoms with Crippen LogP contribution in [0.25, 0.3) is 0 Å². The van der Waals surface area contributed by atoms with E-state index < -0.39 is 5.60 Å². The van der Waals surface area contributed by atoms with Crippen LogP contribution in [0.1, 0.15) is 57.7 Å². The Morgan fingerprint density at radius 3 is 2.32 bits per heavy atom. The van der Waals surface area contributed by atoms with Gasteiger partial charge in [-0.2, -0.15) is 4.98 Å². The Kier molecular flexibility index (Phi) is 9.87. The highest BCUT2D eigenvalue weighted by Crippen LogP contribution is 2.30. The van der Waals surface area contributed by atoms with Crippen molar-refractivity contribution in [2.45, 2.75) is 65.6 Å². The van der Waals surface area contributed by atoms with Gasteiger partial charge in [-0.05, 0) is 83.5 Å². The number of amides is 2. The van der Waals surface area contributed by atoms with Crippen molar-refractivity contribution in [1.82, 2.24) is 14.9 Å². The van der Waals surface area contributed by atoms with Gasteiger partial charge in [-0.1, -0.05) is 19.6 Å². The van der Waals surface area contributed by atoms with Crippen molar-refractivity contribution in [1.29, 1.82) is 0 Å². The van der Waals surface area contributed by atoms with E-state index in [2.05, 4.69) is 32.1 Å². The van der Waals surface area contributed by atoms with Crippen molar-refractivity contribution in [3.63, 3.8) is 0 Å². The highest BCUT2D eigenvalue weighted by molar-refractivity contribution is 5.99. The molecule has 0 aliphatic carbocycles. The van der Waals surface area contributed by atoms with Gasteiger partial charge in [0.25, 0.3) is 0 Å². The summed E-state index contributed by atoms with van der Waals surface area (Å²) in [5.41, 5.74) is 2.38. The Bertz CT molecular complexity index is 1510. The number of benzene rings is 2. The highest BCUT2D eigenvalue weighted by atomic mass is 16.6. The van der Waals surface area contributed by atoms with E-state index in [-0.39, 0.29) is 41.5 Å². The zero-order chi connectivity index (χ0) is 32.0. The van der Waals surface area contributed by atoms with Crippen LogP contribution in [0, 0.1) is 0 Å². The SMILES string of the molecule is C=CC(=O)Nc1cccc(Oc2nc(Nc3ccc(N4C[C@@H](C)N(C(=O)OC(C)(C)C)[C@@H](C)C4)cc3)c(C=O)nc2CC)c1. The summed E-state index contributed by atoms with van der Waals surface area (Å²) in [7, 11) is 0. The lowest BCUT2D eigenvalue weighted by Gasteiger charge is -2.45. The number of aryl methyl sites for hydroxylation is 1. The molecule has 0 spiro atoms. The van der Waals surface area contributed by atoms with Gasteiger partial charge in [0.05, 0.1) is 12.1 Å². The largest absolute Gasteiger partial charge is 0.444 e. The Balaban J connectivity index is 1.50. The van der Waals surface area contributed by atoms with E-state index in [1.54, 1.807) is 24.3 Å². The fourth-order valence-electron chi connectivity index (χ4n) is 5.00. The first-order valence-electron chi connectivity index (χ1n) is 14.6. The average molecular weight is 601 g/mol. The average Bonchev–Trinajstić information content (AvgIpc) is 2.96. The predicted octanol–water partition coefficient (Wildman–Crippen LogP) is 6.35. The molecule has 44 heavy (non-hydrogen) atoms. The molecule has 0 unspecified atom stereocenters. The minimum Gasteiger partial charge on any atom is -0.444 e. The first-order valence-corrected chi connectivity index (χ1v) is 14.6. The summed E-state index contributed by atoms with van der Waals surface area (Å²) in [6, 6.07) is 14.6. The summed E-state index contributed by atoms with van der Waals surface area (Å²) in [5.74, 6) is 0.607. The van der Waals surface area contributed by atoms with Crippen molar-refractivity contribution in [3.05, 3.63) is 72.6 Å². The van der Waals surface area contributed by atoms with Gasteiger partial charge in [-0.15, -0.1) is 0 Å². The number of aromatic nitrogens is 2. The normalized spacial score (nSPS) is 16.6. The highest BCUT2D eigenvalue weighted by Gasteiger charge is 2.35.